The van der Waals surface area contributed by atoms with Crippen LogP contribution in [0, 0.1) is 6.92 Å². The lowest BCUT2D eigenvalue weighted by atomic mass is 10.0. The zero-order chi connectivity index (χ0) is 18.2. The molecule has 0 aliphatic carbocycles. The minimum absolute atomic E-state index is 0.167. The van der Waals surface area contributed by atoms with Crippen molar-refractivity contribution in [3.63, 3.8) is 0 Å². The highest BCUT2D eigenvalue weighted by Crippen LogP contribution is 2.19. The summed E-state index contributed by atoms with van der Waals surface area (Å²) in [6.07, 6.45) is 3.33. The first-order chi connectivity index (χ1) is 12.7. The Labute approximate surface area is 153 Å². The van der Waals surface area contributed by atoms with E-state index in [1.54, 1.807) is 18.4 Å². The van der Waals surface area contributed by atoms with Gasteiger partial charge < -0.3 is 14.5 Å². The summed E-state index contributed by atoms with van der Waals surface area (Å²) >= 11 is 0. The SMILES string of the molecule is Cc1ccc(OCCNC(=O)/C(=C/c2ccco2)c2ccccc2)cc1. The Morgan fingerprint density at radius 1 is 1.04 bits per heavy atom. The highest BCUT2D eigenvalue weighted by Gasteiger charge is 2.12. The average molecular weight is 347 g/mol. The summed E-state index contributed by atoms with van der Waals surface area (Å²) in [5, 5.41) is 2.90. The Morgan fingerprint density at radius 3 is 2.50 bits per heavy atom. The number of amides is 1. The number of carbonyl (C=O) groups excluding carboxylic acids is 1. The monoisotopic (exact) mass is 347 g/mol. The molecule has 3 rings (SSSR count). The standard InChI is InChI=1S/C22H21NO3/c1-17-9-11-19(12-10-17)26-15-13-23-22(24)21(16-20-8-5-14-25-20)18-6-3-2-4-7-18/h2-12,14,16H,13,15H2,1H3,(H,23,24)/b21-16+. The van der Waals surface area contributed by atoms with Crippen LogP contribution in [0.4, 0.5) is 0 Å². The number of hydrogen-bond acceptors (Lipinski definition) is 3. The van der Waals surface area contributed by atoms with Crippen molar-refractivity contribution >= 4 is 17.6 Å². The molecule has 0 spiro atoms. The summed E-state index contributed by atoms with van der Waals surface area (Å²) in [5.74, 6) is 1.26. The fourth-order valence-electron chi connectivity index (χ4n) is 2.48. The normalized spacial score (nSPS) is 11.2. The van der Waals surface area contributed by atoms with Gasteiger partial charge >= 0.3 is 0 Å². The Hall–Kier alpha value is -3.27. The van der Waals surface area contributed by atoms with Crippen molar-refractivity contribution < 1.29 is 13.9 Å². The van der Waals surface area contributed by atoms with E-state index in [1.807, 2.05) is 67.6 Å². The van der Waals surface area contributed by atoms with Crippen molar-refractivity contribution in [2.24, 2.45) is 0 Å². The molecule has 0 aliphatic heterocycles. The number of ether oxygens (including phenoxy) is 1. The largest absolute Gasteiger partial charge is 0.492 e. The van der Waals surface area contributed by atoms with Crippen molar-refractivity contribution in [3.05, 3.63) is 89.9 Å². The molecule has 0 unspecified atom stereocenters. The molecule has 2 aromatic carbocycles. The third kappa shape index (κ3) is 4.86. The van der Waals surface area contributed by atoms with Crippen molar-refractivity contribution in [2.45, 2.75) is 6.92 Å². The summed E-state index contributed by atoms with van der Waals surface area (Å²) in [6.45, 7) is 2.84. The third-order valence-corrected chi connectivity index (χ3v) is 3.84. The van der Waals surface area contributed by atoms with Gasteiger partial charge in [-0.3, -0.25) is 4.79 Å². The van der Waals surface area contributed by atoms with Crippen LogP contribution in [0.15, 0.2) is 77.4 Å². The molecule has 132 valence electrons. The topological polar surface area (TPSA) is 51.5 Å². The van der Waals surface area contributed by atoms with E-state index in [9.17, 15) is 4.79 Å². The summed E-state index contributed by atoms with van der Waals surface area (Å²) in [5.41, 5.74) is 2.57. The predicted molar refractivity (Wildman–Crippen MR) is 103 cm³/mol. The molecule has 26 heavy (non-hydrogen) atoms. The molecule has 0 saturated carbocycles. The van der Waals surface area contributed by atoms with E-state index in [0.29, 0.717) is 24.5 Å². The second-order valence-corrected chi connectivity index (χ2v) is 5.86. The van der Waals surface area contributed by atoms with E-state index >= 15 is 0 Å². The van der Waals surface area contributed by atoms with E-state index in [2.05, 4.69) is 5.32 Å². The summed E-state index contributed by atoms with van der Waals surface area (Å²) in [6, 6.07) is 21.0. The van der Waals surface area contributed by atoms with Gasteiger partial charge in [-0.05, 0) is 42.8 Å². The molecule has 0 fully saturated rings. The van der Waals surface area contributed by atoms with Gasteiger partial charge in [0.15, 0.2) is 0 Å². The first kappa shape index (κ1) is 17.5. The summed E-state index contributed by atoms with van der Waals surface area (Å²) in [4.78, 5) is 12.6. The van der Waals surface area contributed by atoms with E-state index in [4.69, 9.17) is 9.15 Å². The molecule has 0 bridgehead atoms. The molecule has 4 heteroatoms. The Morgan fingerprint density at radius 2 is 1.81 bits per heavy atom. The van der Waals surface area contributed by atoms with Gasteiger partial charge in [0.1, 0.15) is 18.1 Å². The molecule has 1 amide bonds. The van der Waals surface area contributed by atoms with Crippen LogP contribution in [0.5, 0.6) is 5.75 Å². The van der Waals surface area contributed by atoms with Crippen molar-refractivity contribution in [3.8, 4) is 5.75 Å². The second kappa shape index (κ2) is 8.72. The molecule has 1 heterocycles. The van der Waals surface area contributed by atoms with Crippen LogP contribution in [0.2, 0.25) is 0 Å². The quantitative estimate of drug-likeness (QED) is 0.511. The number of benzene rings is 2. The Balaban J connectivity index is 1.62. The lowest BCUT2D eigenvalue weighted by molar-refractivity contribution is -0.115. The molecule has 1 aromatic heterocycles. The van der Waals surface area contributed by atoms with Crippen LogP contribution < -0.4 is 10.1 Å². The molecule has 0 saturated heterocycles. The lowest BCUT2D eigenvalue weighted by Crippen LogP contribution is -2.28. The van der Waals surface area contributed by atoms with Gasteiger partial charge in [-0.1, -0.05) is 48.0 Å². The molecular weight excluding hydrogens is 326 g/mol. The minimum Gasteiger partial charge on any atom is -0.492 e. The highest BCUT2D eigenvalue weighted by molar-refractivity contribution is 6.24. The van der Waals surface area contributed by atoms with E-state index < -0.39 is 0 Å². The fourth-order valence-corrected chi connectivity index (χ4v) is 2.48. The van der Waals surface area contributed by atoms with Gasteiger partial charge in [0, 0.05) is 0 Å². The van der Waals surface area contributed by atoms with Crippen LogP contribution in [0.1, 0.15) is 16.9 Å². The highest BCUT2D eigenvalue weighted by atomic mass is 16.5. The number of furan rings is 1. The number of hydrogen-bond donors (Lipinski definition) is 1. The van der Waals surface area contributed by atoms with E-state index in [1.165, 1.54) is 5.56 Å². The predicted octanol–water partition coefficient (Wildman–Crippen LogP) is 4.32. The fraction of sp³-hybridized carbons (Fsp3) is 0.136. The van der Waals surface area contributed by atoms with Crippen molar-refractivity contribution in [1.82, 2.24) is 5.32 Å². The van der Waals surface area contributed by atoms with Gasteiger partial charge in [-0.2, -0.15) is 0 Å². The van der Waals surface area contributed by atoms with E-state index in [0.717, 1.165) is 11.3 Å². The van der Waals surface area contributed by atoms with Gasteiger partial charge in [0.25, 0.3) is 5.91 Å². The maximum atomic E-state index is 12.6. The lowest BCUT2D eigenvalue weighted by Gasteiger charge is -2.10. The third-order valence-electron chi connectivity index (χ3n) is 3.84. The van der Waals surface area contributed by atoms with Crippen LogP contribution in [-0.4, -0.2) is 19.1 Å². The molecule has 0 aliphatic rings. The van der Waals surface area contributed by atoms with Crippen molar-refractivity contribution in [2.75, 3.05) is 13.2 Å². The van der Waals surface area contributed by atoms with Gasteiger partial charge in [-0.25, -0.2) is 0 Å². The summed E-state index contributed by atoms with van der Waals surface area (Å²) in [7, 11) is 0. The van der Waals surface area contributed by atoms with Crippen molar-refractivity contribution in [1.29, 1.82) is 0 Å². The van der Waals surface area contributed by atoms with Crippen LogP contribution in [0.3, 0.4) is 0 Å². The number of nitrogens with one attached hydrogen (secondary N) is 1. The Kier molecular flexibility index (Phi) is 5.88. The minimum atomic E-state index is -0.167. The second-order valence-electron chi connectivity index (χ2n) is 5.86. The van der Waals surface area contributed by atoms with Crippen LogP contribution in [-0.2, 0) is 4.79 Å². The van der Waals surface area contributed by atoms with Crippen LogP contribution >= 0.6 is 0 Å². The first-order valence-electron chi connectivity index (χ1n) is 8.51. The molecule has 1 N–H and O–H groups in total. The number of carbonyl (C=O) groups is 1. The zero-order valence-electron chi connectivity index (χ0n) is 14.6. The van der Waals surface area contributed by atoms with Gasteiger partial charge in [0.05, 0.1) is 18.4 Å². The average Bonchev–Trinajstić information content (AvgIpc) is 3.18. The zero-order valence-corrected chi connectivity index (χ0v) is 14.6. The molecule has 4 nitrogen and oxygen atoms in total. The smallest absolute Gasteiger partial charge is 0.252 e. The Bertz CT molecular complexity index is 850. The van der Waals surface area contributed by atoms with Gasteiger partial charge in [-0.15, -0.1) is 0 Å². The molecule has 0 atom stereocenters. The first-order valence-corrected chi connectivity index (χ1v) is 8.51. The maximum Gasteiger partial charge on any atom is 0.252 e. The van der Waals surface area contributed by atoms with Gasteiger partial charge in [0.2, 0.25) is 0 Å². The maximum absolute atomic E-state index is 12.6. The van der Waals surface area contributed by atoms with E-state index in [-0.39, 0.29) is 5.91 Å². The molecule has 0 radical (unpaired) electrons. The van der Waals surface area contributed by atoms with Crippen LogP contribution in [0.25, 0.3) is 11.6 Å². The summed E-state index contributed by atoms with van der Waals surface area (Å²) < 4.78 is 11.0. The molecular formula is C22H21NO3. The molecule has 3 aromatic rings. The number of rotatable bonds is 7. The number of aryl methyl sites for hydroxylation is 1.